The van der Waals surface area contributed by atoms with Crippen LogP contribution in [-0.4, -0.2) is 27.7 Å². The van der Waals surface area contributed by atoms with Gasteiger partial charge in [0.1, 0.15) is 4.86 Å². The van der Waals surface area contributed by atoms with E-state index in [2.05, 4.69) is 0 Å². The lowest BCUT2D eigenvalue weighted by Crippen LogP contribution is -2.32. The number of carbonyl (C=O) groups excluding carboxylic acids is 1. The molecule has 3 nitrogen and oxygen atoms in total. The van der Waals surface area contributed by atoms with Crippen molar-refractivity contribution in [1.82, 2.24) is 5.32 Å². The Morgan fingerprint density at radius 3 is 2.38 bits per heavy atom. The molecule has 0 saturated heterocycles. The number of rotatable bonds is 3. The van der Waals surface area contributed by atoms with Crippen LogP contribution in [0.2, 0.25) is 0 Å². The normalized spacial score (nSPS) is 10.8. The van der Waals surface area contributed by atoms with Crippen molar-refractivity contribution in [1.29, 1.82) is 0 Å². The Kier molecular flexibility index (Phi) is 4.68. The predicted octanol–water partition coefficient (Wildman–Crippen LogP) is 0.460. The van der Waals surface area contributed by atoms with E-state index in [-0.39, 0.29) is 16.1 Å². The summed E-state index contributed by atoms with van der Waals surface area (Å²) in [5, 5.41) is 1.97. The maximum absolute atomic E-state index is 11.6. The largest absolute Gasteiger partial charge is 0.390 e. The SMILES string of the molecule is CC(=S=O)C(=O)NCCC(F)(F)F. The molecule has 0 saturated carbocycles. The van der Waals surface area contributed by atoms with Gasteiger partial charge >= 0.3 is 6.18 Å². The summed E-state index contributed by atoms with van der Waals surface area (Å²) in [7, 11) is 0. The van der Waals surface area contributed by atoms with Crippen molar-refractivity contribution >= 4 is 22.0 Å². The van der Waals surface area contributed by atoms with Crippen LogP contribution in [0, 0.1) is 0 Å². The molecule has 7 heteroatoms. The minimum absolute atomic E-state index is 0.0358. The first-order valence-electron chi connectivity index (χ1n) is 3.35. The van der Waals surface area contributed by atoms with Crippen molar-refractivity contribution in [3.63, 3.8) is 0 Å². The van der Waals surface area contributed by atoms with Gasteiger partial charge in [0.15, 0.2) is 0 Å². The molecule has 0 heterocycles. The molecular weight excluding hydrogens is 207 g/mol. The molecule has 76 valence electrons. The van der Waals surface area contributed by atoms with Crippen LogP contribution in [0.25, 0.3) is 0 Å². The van der Waals surface area contributed by atoms with Gasteiger partial charge in [0.2, 0.25) is 0 Å². The number of alkyl halides is 3. The minimum Gasteiger partial charge on any atom is -0.351 e. The first-order chi connectivity index (χ1) is 5.87. The van der Waals surface area contributed by atoms with E-state index in [9.17, 15) is 22.2 Å². The average molecular weight is 215 g/mol. The Hall–Kier alpha value is -0.850. The zero-order valence-electron chi connectivity index (χ0n) is 6.77. The molecule has 0 aliphatic carbocycles. The molecule has 13 heavy (non-hydrogen) atoms. The standard InChI is InChI=1S/C6H8F3NO2S/c1-4(13-12)5(11)10-3-2-6(7,8)9/h2-3H2,1H3,(H,10,11). The number of hydrogen-bond donors (Lipinski definition) is 1. The second-order valence-electron chi connectivity index (χ2n) is 2.26. The summed E-state index contributed by atoms with van der Waals surface area (Å²) in [5.41, 5.74) is 0. The molecule has 0 aromatic carbocycles. The van der Waals surface area contributed by atoms with Gasteiger partial charge in [0.05, 0.1) is 17.7 Å². The molecular formula is C6H8F3NO2S. The maximum atomic E-state index is 11.6. The first kappa shape index (κ1) is 12.2. The van der Waals surface area contributed by atoms with Crippen LogP contribution < -0.4 is 5.32 Å². The van der Waals surface area contributed by atoms with Gasteiger partial charge in [-0.2, -0.15) is 13.2 Å². The molecule has 1 N–H and O–H groups in total. The summed E-state index contributed by atoms with van der Waals surface area (Å²) in [6, 6.07) is 0. The Balaban J connectivity index is 3.80. The topological polar surface area (TPSA) is 46.2 Å². The van der Waals surface area contributed by atoms with Gasteiger partial charge in [-0.25, -0.2) is 4.21 Å². The van der Waals surface area contributed by atoms with Gasteiger partial charge in [-0.3, -0.25) is 4.79 Å². The van der Waals surface area contributed by atoms with Crippen LogP contribution >= 0.6 is 0 Å². The van der Waals surface area contributed by atoms with E-state index in [0.717, 1.165) is 0 Å². The Morgan fingerprint density at radius 2 is 2.00 bits per heavy atom. The van der Waals surface area contributed by atoms with E-state index >= 15 is 0 Å². The van der Waals surface area contributed by atoms with E-state index in [0.29, 0.717) is 0 Å². The highest BCUT2D eigenvalue weighted by molar-refractivity contribution is 7.68. The first-order valence-corrected chi connectivity index (χ1v) is 4.09. The zero-order valence-corrected chi connectivity index (χ0v) is 7.59. The van der Waals surface area contributed by atoms with E-state index in [1.54, 1.807) is 0 Å². The van der Waals surface area contributed by atoms with Crippen LogP contribution in [0.1, 0.15) is 13.3 Å². The number of nitrogens with one attached hydrogen (secondary N) is 1. The second kappa shape index (κ2) is 5.00. The average Bonchev–Trinajstić information content (AvgIpc) is 2.00. The highest BCUT2D eigenvalue weighted by Crippen LogP contribution is 2.17. The summed E-state index contributed by atoms with van der Waals surface area (Å²) in [6.45, 7) is 0.751. The molecule has 0 bridgehead atoms. The fourth-order valence-electron chi connectivity index (χ4n) is 0.480. The van der Waals surface area contributed by atoms with Gasteiger partial charge in [-0.05, 0) is 6.92 Å². The predicted molar refractivity (Wildman–Crippen MR) is 42.5 cm³/mol. The van der Waals surface area contributed by atoms with Crippen molar-refractivity contribution in [3.8, 4) is 0 Å². The Labute approximate surface area is 76.4 Å². The highest BCUT2D eigenvalue weighted by atomic mass is 32.1. The van der Waals surface area contributed by atoms with Crippen LogP contribution in [0.4, 0.5) is 13.2 Å². The molecule has 0 spiro atoms. The lowest BCUT2D eigenvalue weighted by molar-refractivity contribution is -0.134. The van der Waals surface area contributed by atoms with E-state index in [1.807, 2.05) is 5.32 Å². The van der Waals surface area contributed by atoms with E-state index in [4.69, 9.17) is 0 Å². The molecule has 0 aliphatic rings. The summed E-state index contributed by atoms with van der Waals surface area (Å²) in [5.74, 6) is -0.746. The molecule has 0 aromatic heterocycles. The zero-order chi connectivity index (χ0) is 10.5. The quantitative estimate of drug-likeness (QED) is 0.695. The lowest BCUT2D eigenvalue weighted by Gasteiger charge is -2.06. The van der Waals surface area contributed by atoms with Crippen LogP contribution in [0.15, 0.2) is 0 Å². The number of amides is 1. The van der Waals surface area contributed by atoms with Crippen LogP contribution in [-0.2, 0) is 16.1 Å². The number of carbonyl (C=O) groups is 1. The number of halogens is 3. The molecule has 0 fully saturated rings. The smallest absolute Gasteiger partial charge is 0.351 e. The van der Waals surface area contributed by atoms with Crippen molar-refractivity contribution < 1.29 is 22.2 Å². The van der Waals surface area contributed by atoms with Crippen molar-refractivity contribution in [2.45, 2.75) is 19.5 Å². The van der Waals surface area contributed by atoms with Crippen LogP contribution in [0.3, 0.4) is 0 Å². The number of hydrogen-bond acceptors (Lipinski definition) is 2. The van der Waals surface area contributed by atoms with Gasteiger partial charge < -0.3 is 5.32 Å². The van der Waals surface area contributed by atoms with Gasteiger partial charge in [0.25, 0.3) is 5.91 Å². The third-order valence-corrected chi connectivity index (χ3v) is 1.57. The maximum Gasteiger partial charge on any atom is 0.390 e. The third-order valence-electron chi connectivity index (χ3n) is 1.14. The lowest BCUT2D eigenvalue weighted by atomic mass is 10.4. The summed E-state index contributed by atoms with van der Waals surface area (Å²) in [4.78, 5) is 10.6. The minimum atomic E-state index is -4.29. The molecule has 0 aromatic rings. The van der Waals surface area contributed by atoms with Crippen molar-refractivity contribution in [2.24, 2.45) is 0 Å². The molecule has 0 rings (SSSR count). The fraction of sp³-hybridized carbons (Fsp3) is 0.667. The summed E-state index contributed by atoms with van der Waals surface area (Å²) < 4.78 is 44.7. The van der Waals surface area contributed by atoms with Gasteiger partial charge in [-0.1, -0.05) is 0 Å². The fourth-order valence-corrected chi connectivity index (χ4v) is 0.628. The van der Waals surface area contributed by atoms with E-state index in [1.165, 1.54) is 6.92 Å². The van der Waals surface area contributed by atoms with Crippen LogP contribution in [0.5, 0.6) is 0 Å². The summed E-state index contributed by atoms with van der Waals surface area (Å²) in [6.07, 6.45) is -5.37. The molecule has 0 atom stereocenters. The van der Waals surface area contributed by atoms with E-state index < -0.39 is 25.0 Å². The second-order valence-corrected chi connectivity index (χ2v) is 3.04. The molecule has 0 radical (unpaired) electrons. The molecule has 0 aliphatic heterocycles. The van der Waals surface area contributed by atoms with Gasteiger partial charge in [-0.15, -0.1) is 0 Å². The van der Waals surface area contributed by atoms with Crippen molar-refractivity contribution in [3.05, 3.63) is 0 Å². The van der Waals surface area contributed by atoms with Crippen molar-refractivity contribution in [2.75, 3.05) is 6.54 Å². The highest BCUT2D eigenvalue weighted by Gasteiger charge is 2.26. The summed E-state index contributed by atoms with van der Waals surface area (Å²) >= 11 is -0.0358. The Morgan fingerprint density at radius 1 is 1.46 bits per heavy atom. The third kappa shape index (κ3) is 6.32. The Bertz CT molecular complexity index is 245. The molecule has 0 unspecified atom stereocenters. The monoisotopic (exact) mass is 215 g/mol. The van der Waals surface area contributed by atoms with Gasteiger partial charge in [0, 0.05) is 6.54 Å². The molecule has 1 amide bonds.